The number of rotatable bonds is 4. The van der Waals surface area contributed by atoms with Gasteiger partial charge in [-0.3, -0.25) is 4.72 Å². The molecular weight excluding hydrogens is 300 g/mol. The molecule has 2 aromatic rings. The molecule has 0 aliphatic carbocycles. The average Bonchev–Trinajstić information content (AvgIpc) is 2.41. The lowest BCUT2D eigenvalue weighted by Crippen LogP contribution is -2.14. The maximum absolute atomic E-state index is 12.2. The summed E-state index contributed by atoms with van der Waals surface area (Å²) >= 11 is 5.69. The zero-order valence-corrected chi connectivity index (χ0v) is 12.2. The fourth-order valence-corrected chi connectivity index (χ4v) is 2.75. The minimum Gasteiger partial charge on any atom is -0.389 e. The summed E-state index contributed by atoms with van der Waals surface area (Å²) < 4.78 is 26.7. The topological polar surface area (TPSA) is 79.3 Å². The number of hydrogen-bond donors (Lipinski definition) is 2. The van der Waals surface area contributed by atoms with Crippen LogP contribution >= 0.6 is 11.6 Å². The van der Waals surface area contributed by atoms with Gasteiger partial charge in [0, 0.05) is 6.20 Å². The Balaban J connectivity index is 2.30. The smallest absolute Gasteiger partial charge is 0.263 e. The monoisotopic (exact) mass is 312 g/mol. The predicted molar refractivity (Wildman–Crippen MR) is 77.1 cm³/mol. The Labute approximate surface area is 122 Å². The van der Waals surface area contributed by atoms with Gasteiger partial charge in [0.15, 0.2) is 0 Å². The Morgan fingerprint density at radius 3 is 2.65 bits per heavy atom. The van der Waals surface area contributed by atoms with Gasteiger partial charge in [-0.05, 0) is 36.8 Å². The molecule has 0 saturated carbocycles. The van der Waals surface area contributed by atoms with Crippen molar-refractivity contribution in [2.75, 3.05) is 4.72 Å². The highest BCUT2D eigenvalue weighted by molar-refractivity contribution is 7.92. The molecule has 1 unspecified atom stereocenters. The number of nitrogens with zero attached hydrogens (tertiary/aromatic N) is 1. The highest BCUT2D eigenvalue weighted by Crippen LogP contribution is 2.19. The first-order chi connectivity index (χ1) is 9.38. The van der Waals surface area contributed by atoms with Crippen LogP contribution in [0.3, 0.4) is 0 Å². The second kappa shape index (κ2) is 5.78. The van der Waals surface area contributed by atoms with E-state index in [1.165, 1.54) is 24.4 Å². The predicted octanol–water partition coefficient (Wildman–Crippen LogP) is 2.59. The van der Waals surface area contributed by atoms with Gasteiger partial charge in [-0.2, -0.15) is 0 Å². The Morgan fingerprint density at radius 1 is 1.30 bits per heavy atom. The molecule has 106 valence electrons. The van der Waals surface area contributed by atoms with E-state index < -0.39 is 16.1 Å². The second-order valence-electron chi connectivity index (χ2n) is 4.22. The van der Waals surface area contributed by atoms with E-state index in [4.69, 9.17) is 11.6 Å². The van der Waals surface area contributed by atoms with Crippen LogP contribution < -0.4 is 4.72 Å². The Kier molecular flexibility index (Phi) is 4.27. The summed E-state index contributed by atoms with van der Waals surface area (Å²) in [6, 6.07) is 9.11. The number of aromatic nitrogens is 1. The van der Waals surface area contributed by atoms with Gasteiger partial charge in [-0.25, -0.2) is 13.4 Å². The van der Waals surface area contributed by atoms with E-state index in [1.54, 1.807) is 25.1 Å². The average molecular weight is 313 g/mol. The fourth-order valence-electron chi connectivity index (χ4n) is 1.57. The molecule has 2 rings (SSSR count). The molecule has 0 spiro atoms. The van der Waals surface area contributed by atoms with Gasteiger partial charge in [0.2, 0.25) is 0 Å². The van der Waals surface area contributed by atoms with E-state index in [-0.39, 0.29) is 10.7 Å². The number of aliphatic hydroxyl groups is 1. The summed E-state index contributed by atoms with van der Waals surface area (Å²) in [5.74, 6) is 0.178. The number of halogens is 1. The molecule has 1 aromatic heterocycles. The SMILES string of the molecule is CC(O)c1cccc(S(=O)(=O)Nc2ccc(Cl)cn2)c1. The van der Waals surface area contributed by atoms with Gasteiger partial charge in [0.25, 0.3) is 10.0 Å². The third-order valence-electron chi connectivity index (χ3n) is 2.62. The molecule has 1 heterocycles. The quantitative estimate of drug-likeness (QED) is 0.909. The third-order valence-corrected chi connectivity index (χ3v) is 4.19. The van der Waals surface area contributed by atoms with Crippen LogP contribution in [0.5, 0.6) is 0 Å². The Hall–Kier alpha value is -1.63. The van der Waals surface area contributed by atoms with Crippen LogP contribution in [-0.4, -0.2) is 18.5 Å². The summed E-state index contributed by atoms with van der Waals surface area (Å²) in [6.45, 7) is 1.57. The lowest BCUT2D eigenvalue weighted by Gasteiger charge is -2.10. The third kappa shape index (κ3) is 3.47. The van der Waals surface area contributed by atoms with Crippen molar-refractivity contribution >= 4 is 27.4 Å². The molecule has 7 heteroatoms. The van der Waals surface area contributed by atoms with Crippen molar-refractivity contribution in [1.29, 1.82) is 0 Å². The first kappa shape index (κ1) is 14.8. The minimum absolute atomic E-state index is 0.0626. The molecule has 0 fully saturated rings. The molecule has 1 atom stereocenters. The summed E-state index contributed by atoms with van der Waals surface area (Å²) in [6.07, 6.45) is 0.616. The zero-order valence-electron chi connectivity index (χ0n) is 10.6. The van der Waals surface area contributed by atoms with Crippen LogP contribution in [0.25, 0.3) is 0 Å². The largest absolute Gasteiger partial charge is 0.389 e. The maximum Gasteiger partial charge on any atom is 0.263 e. The Bertz CT molecular complexity index is 700. The summed E-state index contributed by atoms with van der Waals surface area (Å²) in [7, 11) is -3.75. The molecule has 0 bridgehead atoms. The van der Waals surface area contributed by atoms with Crippen LogP contribution in [0.2, 0.25) is 5.02 Å². The molecule has 2 N–H and O–H groups in total. The number of nitrogens with one attached hydrogen (secondary N) is 1. The lowest BCUT2D eigenvalue weighted by atomic mass is 10.1. The van der Waals surface area contributed by atoms with Gasteiger partial charge in [0.1, 0.15) is 5.82 Å². The number of benzene rings is 1. The summed E-state index contributed by atoms with van der Waals surface area (Å²) in [5, 5.41) is 9.91. The van der Waals surface area contributed by atoms with Gasteiger partial charge in [-0.15, -0.1) is 0 Å². The number of aliphatic hydroxyl groups excluding tert-OH is 1. The minimum atomic E-state index is -3.75. The summed E-state index contributed by atoms with van der Waals surface area (Å²) in [4.78, 5) is 3.94. The van der Waals surface area contributed by atoms with Crippen LogP contribution in [0, 0.1) is 0 Å². The molecule has 5 nitrogen and oxygen atoms in total. The molecular formula is C13H13ClN2O3S. The number of anilines is 1. The molecule has 0 amide bonds. The first-order valence-corrected chi connectivity index (χ1v) is 7.67. The highest BCUT2D eigenvalue weighted by atomic mass is 35.5. The summed E-state index contributed by atoms with van der Waals surface area (Å²) in [5.41, 5.74) is 0.525. The van der Waals surface area contributed by atoms with E-state index in [9.17, 15) is 13.5 Å². The second-order valence-corrected chi connectivity index (χ2v) is 6.33. The number of hydrogen-bond acceptors (Lipinski definition) is 4. The molecule has 0 aliphatic rings. The normalized spacial score (nSPS) is 12.9. The number of sulfonamides is 1. The first-order valence-electron chi connectivity index (χ1n) is 5.81. The molecule has 0 saturated heterocycles. The van der Waals surface area contributed by atoms with Crippen molar-refractivity contribution in [1.82, 2.24) is 4.98 Å². The Morgan fingerprint density at radius 2 is 2.05 bits per heavy atom. The van der Waals surface area contributed by atoms with E-state index in [1.807, 2.05) is 0 Å². The van der Waals surface area contributed by atoms with E-state index in [2.05, 4.69) is 9.71 Å². The van der Waals surface area contributed by atoms with Gasteiger partial charge >= 0.3 is 0 Å². The van der Waals surface area contributed by atoms with Crippen LogP contribution in [0.4, 0.5) is 5.82 Å². The lowest BCUT2D eigenvalue weighted by molar-refractivity contribution is 0.199. The van der Waals surface area contributed by atoms with Crippen molar-refractivity contribution < 1.29 is 13.5 Å². The van der Waals surface area contributed by atoms with Crippen molar-refractivity contribution in [3.8, 4) is 0 Å². The van der Waals surface area contributed by atoms with Crippen molar-refractivity contribution in [3.63, 3.8) is 0 Å². The van der Waals surface area contributed by atoms with Crippen LogP contribution in [-0.2, 0) is 10.0 Å². The van der Waals surface area contributed by atoms with Crippen LogP contribution in [0.15, 0.2) is 47.5 Å². The molecule has 0 aliphatic heterocycles. The fraction of sp³-hybridized carbons (Fsp3) is 0.154. The van der Waals surface area contributed by atoms with E-state index in [0.29, 0.717) is 10.6 Å². The molecule has 1 aromatic carbocycles. The molecule has 0 radical (unpaired) electrons. The van der Waals surface area contributed by atoms with Crippen molar-refractivity contribution in [2.45, 2.75) is 17.9 Å². The van der Waals surface area contributed by atoms with E-state index >= 15 is 0 Å². The van der Waals surface area contributed by atoms with Crippen molar-refractivity contribution in [2.24, 2.45) is 0 Å². The van der Waals surface area contributed by atoms with Gasteiger partial charge in [0.05, 0.1) is 16.0 Å². The standard InChI is InChI=1S/C13H13ClN2O3S/c1-9(17)10-3-2-4-12(7-10)20(18,19)16-13-6-5-11(14)8-15-13/h2-9,17H,1H3,(H,15,16). The molecule has 20 heavy (non-hydrogen) atoms. The van der Waals surface area contributed by atoms with Crippen molar-refractivity contribution in [3.05, 3.63) is 53.2 Å². The number of pyridine rings is 1. The van der Waals surface area contributed by atoms with E-state index in [0.717, 1.165) is 0 Å². The highest BCUT2D eigenvalue weighted by Gasteiger charge is 2.16. The zero-order chi connectivity index (χ0) is 14.8. The van der Waals surface area contributed by atoms with Crippen LogP contribution in [0.1, 0.15) is 18.6 Å². The van der Waals surface area contributed by atoms with Gasteiger partial charge < -0.3 is 5.11 Å². The maximum atomic E-state index is 12.2. The van der Waals surface area contributed by atoms with Gasteiger partial charge in [-0.1, -0.05) is 23.7 Å².